The lowest BCUT2D eigenvalue weighted by Gasteiger charge is -2.26. The number of hydrogen-bond acceptors (Lipinski definition) is 3. The van der Waals surface area contributed by atoms with Crippen molar-refractivity contribution >= 4 is 16.8 Å². The molecule has 0 saturated carbocycles. The predicted octanol–water partition coefficient (Wildman–Crippen LogP) is 1.25. The highest BCUT2D eigenvalue weighted by atomic mass is 32.2. The molecule has 0 bridgehead atoms. The Labute approximate surface area is 113 Å². The first-order valence-electron chi connectivity index (χ1n) is 6.23. The largest absolute Gasteiger partial charge is 0.478 e. The quantitative estimate of drug-likeness (QED) is 0.886. The van der Waals surface area contributed by atoms with Crippen molar-refractivity contribution in [2.45, 2.75) is 32.7 Å². The Morgan fingerprint density at radius 1 is 1.37 bits per heavy atom. The Morgan fingerprint density at radius 3 is 2.47 bits per heavy atom. The summed E-state index contributed by atoms with van der Waals surface area (Å²) in [5.74, 6) is 0.141. The van der Waals surface area contributed by atoms with E-state index in [9.17, 15) is 18.9 Å². The minimum atomic E-state index is -1.01. The molecular weight excluding hydrogens is 266 g/mol. The third kappa shape index (κ3) is 2.63. The lowest BCUT2D eigenvalue weighted by atomic mass is 10.0. The SMILES string of the molecule is Cc1cc(=O)n(C2CCS(=O)CC2)c(C)c1C(=O)O. The van der Waals surface area contributed by atoms with E-state index < -0.39 is 16.8 Å². The summed E-state index contributed by atoms with van der Waals surface area (Å²) in [4.78, 5) is 23.4. The summed E-state index contributed by atoms with van der Waals surface area (Å²) in [6.45, 7) is 3.31. The molecule has 1 fully saturated rings. The molecule has 0 atom stereocenters. The van der Waals surface area contributed by atoms with Gasteiger partial charge in [-0.1, -0.05) is 0 Å². The van der Waals surface area contributed by atoms with E-state index in [4.69, 9.17) is 0 Å². The zero-order chi connectivity index (χ0) is 14.2. The van der Waals surface area contributed by atoms with Gasteiger partial charge in [0.2, 0.25) is 0 Å². The first-order chi connectivity index (χ1) is 8.91. The standard InChI is InChI=1S/C13H17NO4S/c1-8-7-11(15)14(9(2)12(8)13(16)17)10-3-5-19(18)6-4-10/h7,10H,3-6H2,1-2H3,(H,16,17). The van der Waals surface area contributed by atoms with Crippen LogP contribution in [0.15, 0.2) is 10.9 Å². The minimum absolute atomic E-state index is 0.0381. The molecule has 1 aromatic rings. The third-order valence-electron chi connectivity index (χ3n) is 3.63. The van der Waals surface area contributed by atoms with Crippen LogP contribution >= 0.6 is 0 Å². The molecule has 2 rings (SSSR count). The molecule has 0 aromatic carbocycles. The molecular formula is C13H17NO4S. The summed E-state index contributed by atoms with van der Waals surface area (Å²) in [7, 11) is -0.798. The Bertz CT molecular complexity index is 595. The summed E-state index contributed by atoms with van der Waals surface area (Å²) in [5, 5.41) is 9.24. The van der Waals surface area contributed by atoms with Gasteiger partial charge >= 0.3 is 5.97 Å². The van der Waals surface area contributed by atoms with E-state index in [1.54, 1.807) is 18.4 Å². The fraction of sp³-hybridized carbons (Fsp3) is 0.538. The average molecular weight is 283 g/mol. The van der Waals surface area contributed by atoms with Gasteiger partial charge in [-0.2, -0.15) is 0 Å². The van der Waals surface area contributed by atoms with Gasteiger partial charge in [0, 0.05) is 40.1 Å². The highest BCUT2D eigenvalue weighted by molar-refractivity contribution is 7.85. The topological polar surface area (TPSA) is 76.4 Å². The van der Waals surface area contributed by atoms with Crippen LogP contribution in [0.4, 0.5) is 0 Å². The second kappa shape index (κ2) is 5.28. The van der Waals surface area contributed by atoms with Crippen LogP contribution in [0.5, 0.6) is 0 Å². The van der Waals surface area contributed by atoms with Gasteiger partial charge in [-0.15, -0.1) is 0 Å². The number of rotatable bonds is 2. The molecule has 6 heteroatoms. The molecule has 19 heavy (non-hydrogen) atoms. The van der Waals surface area contributed by atoms with Crippen LogP contribution in [0.25, 0.3) is 0 Å². The second-order valence-electron chi connectivity index (χ2n) is 4.88. The van der Waals surface area contributed by atoms with E-state index in [1.807, 2.05) is 0 Å². The maximum atomic E-state index is 12.1. The van der Waals surface area contributed by atoms with Gasteiger partial charge in [0.25, 0.3) is 5.56 Å². The van der Waals surface area contributed by atoms with Gasteiger partial charge in [0.05, 0.1) is 5.56 Å². The van der Waals surface area contributed by atoms with E-state index >= 15 is 0 Å². The van der Waals surface area contributed by atoms with E-state index in [1.165, 1.54) is 6.07 Å². The molecule has 2 heterocycles. The molecule has 1 saturated heterocycles. The van der Waals surface area contributed by atoms with Crippen LogP contribution in [0, 0.1) is 13.8 Å². The van der Waals surface area contributed by atoms with E-state index in [0.717, 1.165) is 0 Å². The van der Waals surface area contributed by atoms with Crippen LogP contribution < -0.4 is 5.56 Å². The van der Waals surface area contributed by atoms with Crippen molar-refractivity contribution in [1.82, 2.24) is 4.57 Å². The smallest absolute Gasteiger partial charge is 0.337 e. The van der Waals surface area contributed by atoms with E-state index in [0.29, 0.717) is 35.6 Å². The van der Waals surface area contributed by atoms with Crippen molar-refractivity contribution in [1.29, 1.82) is 0 Å². The van der Waals surface area contributed by atoms with Crippen LogP contribution in [0.2, 0.25) is 0 Å². The number of carboxylic acid groups (broad SMARTS) is 1. The fourth-order valence-electron chi connectivity index (χ4n) is 2.71. The van der Waals surface area contributed by atoms with Gasteiger partial charge in [-0.25, -0.2) is 4.79 Å². The molecule has 1 aromatic heterocycles. The number of pyridine rings is 1. The van der Waals surface area contributed by atoms with Crippen LogP contribution in [0.1, 0.15) is 40.5 Å². The predicted molar refractivity (Wildman–Crippen MR) is 73.3 cm³/mol. The highest BCUT2D eigenvalue weighted by Gasteiger charge is 2.24. The third-order valence-corrected chi connectivity index (χ3v) is 5.01. The molecule has 1 N–H and O–H groups in total. The Hall–Kier alpha value is -1.43. The van der Waals surface area contributed by atoms with Gasteiger partial charge in [0.15, 0.2) is 0 Å². The summed E-state index contributed by atoms with van der Waals surface area (Å²) < 4.78 is 12.9. The number of carboxylic acids is 1. The van der Waals surface area contributed by atoms with Crippen LogP contribution in [0.3, 0.4) is 0 Å². The number of carbonyl (C=O) groups is 1. The lowest BCUT2D eigenvalue weighted by Crippen LogP contribution is -2.33. The second-order valence-corrected chi connectivity index (χ2v) is 6.58. The molecule has 0 unspecified atom stereocenters. The molecule has 0 aliphatic carbocycles. The first kappa shape index (κ1) is 14.0. The van der Waals surface area contributed by atoms with Crippen molar-refractivity contribution in [2.75, 3.05) is 11.5 Å². The number of nitrogens with zero attached hydrogens (tertiary/aromatic N) is 1. The normalized spacial score (nSPS) is 23.3. The summed E-state index contributed by atoms with van der Waals surface area (Å²) in [5.41, 5.74) is 1.02. The Morgan fingerprint density at radius 2 is 1.95 bits per heavy atom. The molecule has 5 nitrogen and oxygen atoms in total. The van der Waals surface area contributed by atoms with Gasteiger partial charge in [-0.05, 0) is 32.3 Å². The van der Waals surface area contributed by atoms with Crippen LogP contribution in [-0.4, -0.2) is 31.4 Å². The zero-order valence-corrected chi connectivity index (χ0v) is 11.8. The first-order valence-corrected chi connectivity index (χ1v) is 7.71. The van der Waals surface area contributed by atoms with Crippen molar-refractivity contribution < 1.29 is 14.1 Å². The molecule has 0 radical (unpaired) electrons. The molecule has 1 aliphatic heterocycles. The zero-order valence-electron chi connectivity index (χ0n) is 11.0. The minimum Gasteiger partial charge on any atom is -0.478 e. The highest BCUT2D eigenvalue weighted by Crippen LogP contribution is 2.24. The number of hydrogen-bond donors (Lipinski definition) is 1. The lowest BCUT2D eigenvalue weighted by molar-refractivity contribution is 0.0693. The summed E-state index contributed by atoms with van der Waals surface area (Å²) in [6.07, 6.45) is 1.32. The molecule has 1 aliphatic rings. The fourth-order valence-corrected chi connectivity index (χ4v) is 3.99. The van der Waals surface area contributed by atoms with Crippen molar-refractivity contribution in [3.63, 3.8) is 0 Å². The maximum Gasteiger partial charge on any atom is 0.337 e. The van der Waals surface area contributed by atoms with Gasteiger partial charge < -0.3 is 9.67 Å². The van der Waals surface area contributed by atoms with E-state index in [-0.39, 0.29) is 17.2 Å². The summed E-state index contributed by atoms with van der Waals surface area (Å²) >= 11 is 0. The number of aromatic carboxylic acids is 1. The van der Waals surface area contributed by atoms with Gasteiger partial charge in [-0.3, -0.25) is 9.00 Å². The average Bonchev–Trinajstić information content (AvgIpc) is 2.30. The molecule has 0 amide bonds. The Kier molecular flexibility index (Phi) is 3.89. The number of aryl methyl sites for hydroxylation is 1. The van der Waals surface area contributed by atoms with Crippen molar-refractivity contribution in [3.05, 3.63) is 33.2 Å². The van der Waals surface area contributed by atoms with E-state index in [2.05, 4.69) is 0 Å². The maximum absolute atomic E-state index is 12.1. The number of aromatic nitrogens is 1. The molecule has 0 spiro atoms. The van der Waals surface area contributed by atoms with Crippen molar-refractivity contribution in [2.24, 2.45) is 0 Å². The molecule has 104 valence electrons. The van der Waals surface area contributed by atoms with Crippen molar-refractivity contribution in [3.8, 4) is 0 Å². The van der Waals surface area contributed by atoms with Gasteiger partial charge in [0.1, 0.15) is 0 Å². The van der Waals surface area contributed by atoms with Crippen LogP contribution in [-0.2, 0) is 10.8 Å². The Balaban J connectivity index is 2.51. The monoisotopic (exact) mass is 283 g/mol. The summed E-state index contributed by atoms with van der Waals surface area (Å²) in [6, 6.07) is 1.34.